The fourth-order valence-electron chi connectivity index (χ4n) is 2.27. The van der Waals surface area contributed by atoms with Crippen molar-refractivity contribution in [3.05, 3.63) is 53.9 Å². The number of hydrogen-bond acceptors (Lipinski definition) is 2. The maximum Gasteiger partial charge on any atom is 0.243 e. The van der Waals surface area contributed by atoms with Crippen LogP contribution in [0, 0.1) is 0 Å². The molecular formula is C13H14N2O2S. The number of rotatable bonds is 2. The molecule has 1 aliphatic heterocycles. The lowest BCUT2D eigenvalue weighted by Crippen LogP contribution is -2.35. The van der Waals surface area contributed by atoms with E-state index in [-0.39, 0.29) is 0 Å². The van der Waals surface area contributed by atoms with Gasteiger partial charge in [0, 0.05) is 31.4 Å². The Hall–Kier alpha value is -1.59. The van der Waals surface area contributed by atoms with Gasteiger partial charge in [0.2, 0.25) is 10.0 Å². The summed E-state index contributed by atoms with van der Waals surface area (Å²) in [5, 5.41) is 0. The number of aromatic amines is 1. The number of nitrogens with one attached hydrogen (secondary N) is 1. The predicted octanol–water partition coefficient (Wildman–Crippen LogP) is 1.76. The molecule has 5 heteroatoms. The number of aromatic nitrogens is 1. The fourth-order valence-corrected chi connectivity index (χ4v) is 3.71. The van der Waals surface area contributed by atoms with Crippen LogP contribution in [-0.4, -0.2) is 24.3 Å². The first-order valence-electron chi connectivity index (χ1n) is 5.88. The van der Waals surface area contributed by atoms with E-state index >= 15 is 0 Å². The molecule has 0 unspecified atom stereocenters. The topological polar surface area (TPSA) is 53.2 Å². The van der Waals surface area contributed by atoms with E-state index in [0.29, 0.717) is 18.0 Å². The number of sulfonamides is 1. The SMILES string of the molecule is O=S(=O)(c1ccccc1)N1CCc2[nH]ccc2C1. The van der Waals surface area contributed by atoms with Crippen LogP contribution in [0.1, 0.15) is 11.3 Å². The highest BCUT2D eigenvalue weighted by atomic mass is 32.2. The average molecular weight is 262 g/mol. The molecule has 0 saturated carbocycles. The fraction of sp³-hybridized carbons (Fsp3) is 0.231. The largest absolute Gasteiger partial charge is 0.365 e. The van der Waals surface area contributed by atoms with Gasteiger partial charge in [0.05, 0.1) is 4.90 Å². The standard InChI is InChI=1S/C13H14N2O2S/c16-18(17,12-4-2-1-3-5-12)15-9-7-13-11(10-15)6-8-14-13/h1-6,8,14H,7,9-10H2. The smallest absolute Gasteiger partial charge is 0.243 e. The highest BCUT2D eigenvalue weighted by molar-refractivity contribution is 7.89. The summed E-state index contributed by atoms with van der Waals surface area (Å²) in [7, 11) is -3.36. The summed E-state index contributed by atoms with van der Waals surface area (Å²) in [4.78, 5) is 3.51. The molecule has 0 saturated heterocycles. The van der Waals surface area contributed by atoms with E-state index in [1.165, 1.54) is 0 Å². The second kappa shape index (κ2) is 4.26. The quantitative estimate of drug-likeness (QED) is 0.896. The van der Waals surface area contributed by atoms with Crippen LogP contribution in [0.15, 0.2) is 47.5 Å². The van der Waals surface area contributed by atoms with Crippen molar-refractivity contribution >= 4 is 10.0 Å². The van der Waals surface area contributed by atoms with Gasteiger partial charge in [-0.3, -0.25) is 0 Å². The second-order valence-electron chi connectivity index (χ2n) is 4.38. The summed E-state index contributed by atoms with van der Waals surface area (Å²) >= 11 is 0. The molecule has 18 heavy (non-hydrogen) atoms. The summed E-state index contributed by atoms with van der Waals surface area (Å²) < 4.78 is 26.4. The van der Waals surface area contributed by atoms with Crippen LogP contribution in [0.2, 0.25) is 0 Å². The van der Waals surface area contributed by atoms with E-state index in [1.54, 1.807) is 28.6 Å². The van der Waals surface area contributed by atoms with E-state index in [1.807, 2.05) is 18.3 Å². The van der Waals surface area contributed by atoms with Crippen LogP contribution in [0.25, 0.3) is 0 Å². The van der Waals surface area contributed by atoms with Crippen LogP contribution >= 0.6 is 0 Å². The minimum atomic E-state index is -3.36. The molecule has 1 N–H and O–H groups in total. The van der Waals surface area contributed by atoms with E-state index in [2.05, 4.69) is 4.98 Å². The van der Waals surface area contributed by atoms with Gasteiger partial charge in [0.1, 0.15) is 0 Å². The summed E-state index contributed by atoms with van der Waals surface area (Å²) in [6.07, 6.45) is 2.61. The maximum absolute atomic E-state index is 12.4. The summed E-state index contributed by atoms with van der Waals surface area (Å²) in [6.45, 7) is 0.987. The van der Waals surface area contributed by atoms with Crippen molar-refractivity contribution in [2.75, 3.05) is 6.54 Å². The molecular weight excluding hydrogens is 248 g/mol. The van der Waals surface area contributed by atoms with Gasteiger partial charge < -0.3 is 4.98 Å². The zero-order chi connectivity index (χ0) is 12.6. The first-order chi connectivity index (χ1) is 8.68. The van der Waals surface area contributed by atoms with Crippen molar-refractivity contribution in [3.63, 3.8) is 0 Å². The number of fused-ring (bicyclic) bond motifs is 1. The minimum Gasteiger partial charge on any atom is -0.365 e. The lowest BCUT2D eigenvalue weighted by atomic mass is 10.1. The van der Waals surface area contributed by atoms with Crippen LogP contribution in [0.5, 0.6) is 0 Å². The van der Waals surface area contributed by atoms with Crippen molar-refractivity contribution < 1.29 is 8.42 Å². The number of benzene rings is 1. The van der Waals surface area contributed by atoms with Gasteiger partial charge in [-0.25, -0.2) is 8.42 Å². The zero-order valence-corrected chi connectivity index (χ0v) is 10.7. The van der Waals surface area contributed by atoms with Crippen LogP contribution < -0.4 is 0 Å². The predicted molar refractivity (Wildman–Crippen MR) is 68.5 cm³/mol. The molecule has 0 atom stereocenters. The molecule has 0 spiro atoms. The molecule has 2 aromatic rings. The molecule has 0 radical (unpaired) electrons. The first-order valence-corrected chi connectivity index (χ1v) is 7.32. The van der Waals surface area contributed by atoms with Crippen LogP contribution in [0.4, 0.5) is 0 Å². The third kappa shape index (κ3) is 1.85. The van der Waals surface area contributed by atoms with E-state index in [9.17, 15) is 8.42 Å². The third-order valence-electron chi connectivity index (χ3n) is 3.27. The summed E-state index contributed by atoms with van der Waals surface area (Å²) in [6, 6.07) is 10.5. The number of H-pyrrole nitrogens is 1. The Morgan fingerprint density at radius 2 is 1.89 bits per heavy atom. The molecule has 1 aromatic carbocycles. The molecule has 0 aliphatic carbocycles. The van der Waals surface area contributed by atoms with Gasteiger partial charge in [0.15, 0.2) is 0 Å². The van der Waals surface area contributed by atoms with Crippen molar-refractivity contribution in [2.45, 2.75) is 17.9 Å². The number of nitrogens with zero attached hydrogens (tertiary/aromatic N) is 1. The van der Waals surface area contributed by atoms with Gasteiger partial charge in [-0.1, -0.05) is 18.2 Å². The lowest BCUT2D eigenvalue weighted by Gasteiger charge is -2.26. The lowest BCUT2D eigenvalue weighted by molar-refractivity contribution is 0.390. The Bertz CT molecular complexity index is 647. The first kappa shape index (κ1) is 11.5. The molecule has 0 fully saturated rings. The van der Waals surface area contributed by atoms with E-state index in [4.69, 9.17) is 0 Å². The van der Waals surface area contributed by atoms with Gasteiger partial charge >= 0.3 is 0 Å². The molecule has 2 heterocycles. The van der Waals surface area contributed by atoms with Crippen molar-refractivity contribution in [3.8, 4) is 0 Å². The molecule has 4 nitrogen and oxygen atoms in total. The van der Waals surface area contributed by atoms with Gasteiger partial charge in [-0.05, 0) is 23.8 Å². The molecule has 94 valence electrons. The van der Waals surface area contributed by atoms with Crippen molar-refractivity contribution in [1.29, 1.82) is 0 Å². The molecule has 1 aromatic heterocycles. The highest BCUT2D eigenvalue weighted by Crippen LogP contribution is 2.23. The maximum atomic E-state index is 12.4. The average Bonchev–Trinajstić information content (AvgIpc) is 2.87. The monoisotopic (exact) mass is 262 g/mol. The third-order valence-corrected chi connectivity index (χ3v) is 5.13. The normalized spacial score (nSPS) is 16.4. The van der Waals surface area contributed by atoms with Gasteiger partial charge in [-0.15, -0.1) is 0 Å². The van der Waals surface area contributed by atoms with Crippen molar-refractivity contribution in [2.24, 2.45) is 0 Å². The Morgan fingerprint density at radius 3 is 2.67 bits per heavy atom. The molecule has 0 bridgehead atoms. The van der Waals surface area contributed by atoms with E-state index < -0.39 is 10.0 Å². The molecule has 1 aliphatic rings. The van der Waals surface area contributed by atoms with Crippen molar-refractivity contribution in [1.82, 2.24) is 9.29 Å². The number of hydrogen-bond donors (Lipinski definition) is 1. The summed E-state index contributed by atoms with van der Waals surface area (Å²) in [5.41, 5.74) is 2.22. The summed E-state index contributed by atoms with van der Waals surface area (Å²) in [5.74, 6) is 0. The minimum absolute atomic E-state index is 0.365. The second-order valence-corrected chi connectivity index (χ2v) is 6.32. The highest BCUT2D eigenvalue weighted by Gasteiger charge is 2.28. The Balaban J connectivity index is 1.93. The Kier molecular flexibility index (Phi) is 2.72. The molecule has 0 amide bonds. The Labute approximate surface area is 106 Å². The molecule has 3 rings (SSSR count). The van der Waals surface area contributed by atoms with Crippen LogP contribution in [0.3, 0.4) is 0 Å². The zero-order valence-electron chi connectivity index (χ0n) is 9.83. The van der Waals surface area contributed by atoms with E-state index in [0.717, 1.165) is 17.7 Å². The van der Waals surface area contributed by atoms with Gasteiger partial charge in [-0.2, -0.15) is 4.31 Å². The Morgan fingerprint density at radius 1 is 1.11 bits per heavy atom. The van der Waals surface area contributed by atoms with Gasteiger partial charge in [0.25, 0.3) is 0 Å². The van der Waals surface area contributed by atoms with Crippen LogP contribution in [-0.2, 0) is 23.0 Å².